The number of benzene rings is 1. The Morgan fingerprint density at radius 3 is 3.05 bits per heavy atom. The Morgan fingerprint density at radius 2 is 2.38 bits per heavy atom. The lowest BCUT2D eigenvalue weighted by Crippen LogP contribution is -2.32. The number of nitrogens with zero attached hydrogens (tertiary/aromatic N) is 2. The smallest absolute Gasteiger partial charge is 0.238 e. The van der Waals surface area contributed by atoms with Crippen molar-refractivity contribution in [3.8, 4) is 6.07 Å². The summed E-state index contributed by atoms with van der Waals surface area (Å²) >= 11 is 5.95. The first-order valence-corrected chi connectivity index (χ1v) is 7.36. The molecule has 1 heterocycles. The third-order valence-electron chi connectivity index (χ3n) is 3.60. The number of halogens is 1. The van der Waals surface area contributed by atoms with E-state index in [9.17, 15) is 4.79 Å². The van der Waals surface area contributed by atoms with E-state index in [0.29, 0.717) is 28.7 Å². The number of amides is 1. The summed E-state index contributed by atoms with van der Waals surface area (Å²) < 4.78 is 0. The minimum atomic E-state index is -0.0547. The van der Waals surface area contributed by atoms with Gasteiger partial charge in [0, 0.05) is 12.2 Å². The first kappa shape index (κ1) is 15.8. The quantitative estimate of drug-likeness (QED) is 0.869. The van der Waals surface area contributed by atoms with Gasteiger partial charge in [-0.15, -0.1) is 0 Å². The fraction of sp³-hybridized carbons (Fsp3) is 0.467. The van der Waals surface area contributed by atoms with Crippen LogP contribution in [0.4, 0.5) is 5.69 Å². The molecule has 0 radical (unpaired) electrons. The van der Waals surface area contributed by atoms with Gasteiger partial charge in [-0.1, -0.05) is 11.6 Å². The summed E-state index contributed by atoms with van der Waals surface area (Å²) in [6.45, 7) is 3.28. The Morgan fingerprint density at radius 1 is 1.57 bits per heavy atom. The van der Waals surface area contributed by atoms with Gasteiger partial charge in [-0.2, -0.15) is 5.26 Å². The molecule has 1 saturated heterocycles. The number of nitriles is 1. The number of carbonyl (C=O) groups excluding carboxylic acids is 1. The predicted octanol–water partition coefficient (Wildman–Crippen LogP) is 1.69. The van der Waals surface area contributed by atoms with Crippen LogP contribution in [0.2, 0.25) is 5.02 Å². The average Bonchev–Trinajstić information content (AvgIpc) is 2.86. The topological polar surface area (TPSA) is 68.2 Å². The van der Waals surface area contributed by atoms with Crippen molar-refractivity contribution < 1.29 is 4.79 Å². The number of anilines is 1. The van der Waals surface area contributed by atoms with E-state index in [1.165, 1.54) is 0 Å². The Balaban J connectivity index is 1.85. The molecule has 1 fully saturated rings. The molecule has 6 heteroatoms. The highest BCUT2D eigenvalue weighted by atomic mass is 35.5. The van der Waals surface area contributed by atoms with Gasteiger partial charge in [0.25, 0.3) is 0 Å². The highest BCUT2D eigenvalue weighted by Crippen LogP contribution is 2.20. The molecule has 21 heavy (non-hydrogen) atoms. The van der Waals surface area contributed by atoms with Gasteiger partial charge in [0.2, 0.25) is 5.91 Å². The van der Waals surface area contributed by atoms with Crippen LogP contribution in [-0.2, 0) is 4.79 Å². The zero-order chi connectivity index (χ0) is 15.2. The van der Waals surface area contributed by atoms with E-state index in [1.54, 1.807) is 18.2 Å². The maximum absolute atomic E-state index is 12.0. The summed E-state index contributed by atoms with van der Waals surface area (Å²) in [4.78, 5) is 14.2. The van der Waals surface area contributed by atoms with E-state index < -0.39 is 0 Å². The Hall–Kier alpha value is -1.61. The molecular formula is C15H19ClN4O. The molecule has 112 valence electrons. The number of rotatable bonds is 5. The second kappa shape index (κ2) is 7.41. The number of carbonyl (C=O) groups is 1. The number of hydrogen-bond donors (Lipinski definition) is 2. The standard InChI is InChI=1S/C15H19ClN4O/c1-18-8-11-4-5-20(9-11)10-15(21)19-13-3-2-12(7-17)14(16)6-13/h2-3,6,11,18H,4-5,8-10H2,1H3,(H,19,21). The van der Waals surface area contributed by atoms with Crippen LogP contribution in [0.1, 0.15) is 12.0 Å². The summed E-state index contributed by atoms with van der Waals surface area (Å²) in [6, 6.07) is 6.89. The fourth-order valence-electron chi connectivity index (χ4n) is 2.60. The van der Waals surface area contributed by atoms with Crippen LogP contribution in [0.5, 0.6) is 0 Å². The molecule has 1 aromatic carbocycles. The molecule has 2 N–H and O–H groups in total. The van der Waals surface area contributed by atoms with Crippen molar-refractivity contribution in [2.24, 2.45) is 5.92 Å². The van der Waals surface area contributed by atoms with Gasteiger partial charge >= 0.3 is 0 Å². The molecule has 0 saturated carbocycles. The third kappa shape index (κ3) is 4.43. The number of nitrogens with one attached hydrogen (secondary N) is 2. The Bertz CT molecular complexity index is 555. The van der Waals surface area contributed by atoms with Crippen LogP contribution in [0.15, 0.2) is 18.2 Å². The summed E-state index contributed by atoms with van der Waals surface area (Å²) in [5.74, 6) is 0.563. The Kier molecular flexibility index (Phi) is 5.57. The first-order valence-electron chi connectivity index (χ1n) is 6.99. The molecule has 1 aliphatic rings. The van der Waals surface area contributed by atoms with E-state index >= 15 is 0 Å². The van der Waals surface area contributed by atoms with E-state index in [-0.39, 0.29) is 5.91 Å². The molecular weight excluding hydrogens is 288 g/mol. The second-order valence-electron chi connectivity index (χ2n) is 5.30. The third-order valence-corrected chi connectivity index (χ3v) is 3.92. The lowest BCUT2D eigenvalue weighted by atomic mass is 10.1. The zero-order valence-corrected chi connectivity index (χ0v) is 12.8. The SMILES string of the molecule is CNCC1CCN(CC(=O)Nc2ccc(C#N)c(Cl)c2)C1. The van der Waals surface area contributed by atoms with Crippen molar-refractivity contribution in [1.82, 2.24) is 10.2 Å². The largest absolute Gasteiger partial charge is 0.325 e. The summed E-state index contributed by atoms with van der Waals surface area (Å²) in [6.07, 6.45) is 1.12. The summed E-state index contributed by atoms with van der Waals surface area (Å²) in [5.41, 5.74) is 1.03. The average molecular weight is 307 g/mol. The molecule has 1 amide bonds. The lowest BCUT2D eigenvalue weighted by molar-refractivity contribution is -0.117. The molecule has 1 aromatic rings. The fourth-order valence-corrected chi connectivity index (χ4v) is 2.82. The minimum absolute atomic E-state index is 0.0547. The summed E-state index contributed by atoms with van der Waals surface area (Å²) in [5, 5.41) is 15.2. The maximum atomic E-state index is 12.0. The first-order chi connectivity index (χ1) is 10.1. The number of likely N-dealkylation sites (tertiary alicyclic amines) is 1. The molecule has 0 bridgehead atoms. The monoisotopic (exact) mass is 306 g/mol. The molecule has 2 rings (SSSR count). The second-order valence-corrected chi connectivity index (χ2v) is 5.71. The van der Waals surface area contributed by atoms with Crippen molar-refractivity contribution in [3.63, 3.8) is 0 Å². The van der Waals surface area contributed by atoms with Crippen LogP contribution in [0, 0.1) is 17.2 Å². The molecule has 5 nitrogen and oxygen atoms in total. The van der Waals surface area contributed by atoms with Crippen molar-refractivity contribution in [2.75, 3.05) is 38.5 Å². The molecule has 0 spiro atoms. The normalized spacial score (nSPS) is 18.4. The van der Waals surface area contributed by atoms with E-state index in [2.05, 4.69) is 15.5 Å². The van der Waals surface area contributed by atoms with Crippen LogP contribution < -0.4 is 10.6 Å². The minimum Gasteiger partial charge on any atom is -0.325 e. The van der Waals surface area contributed by atoms with Crippen molar-refractivity contribution in [3.05, 3.63) is 28.8 Å². The van der Waals surface area contributed by atoms with Crippen LogP contribution in [-0.4, -0.2) is 44.0 Å². The maximum Gasteiger partial charge on any atom is 0.238 e. The Labute approximate surface area is 129 Å². The highest BCUT2D eigenvalue weighted by molar-refractivity contribution is 6.32. The molecule has 1 atom stereocenters. The zero-order valence-electron chi connectivity index (χ0n) is 12.0. The molecule has 1 unspecified atom stereocenters. The molecule has 0 aliphatic carbocycles. The van der Waals surface area contributed by atoms with Gasteiger partial charge in [-0.25, -0.2) is 0 Å². The predicted molar refractivity (Wildman–Crippen MR) is 83.3 cm³/mol. The van der Waals surface area contributed by atoms with Crippen molar-refractivity contribution in [1.29, 1.82) is 5.26 Å². The van der Waals surface area contributed by atoms with Gasteiger partial charge < -0.3 is 10.6 Å². The van der Waals surface area contributed by atoms with Gasteiger partial charge in [0.15, 0.2) is 0 Å². The lowest BCUT2D eigenvalue weighted by Gasteiger charge is -2.15. The van der Waals surface area contributed by atoms with Gasteiger partial charge in [-0.05, 0) is 50.7 Å². The highest BCUT2D eigenvalue weighted by Gasteiger charge is 2.23. The van der Waals surface area contributed by atoms with Gasteiger partial charge in [0.1, 0.15) is 6.07 Å². The van der Waals surface area contributed by atoms with Gasteiger partial charge in [0.05, 0.1) is 17.1 Å². The van der Waals surface area contributed by atoms with E-state index in [0.717, 1.165) is 26.1 Å². The van der Waals surface area contributed by atoms with Crippen molar-refractivity contribution >= 4 is 23.2 Å². The van der Waals surface area contributed by atoms with E-state index in [4.69, 9.17) is 16.9 Å². The number of hydrogen-bond acceptors (Lipinski definition) is 4. The van der Waals surface area contributed by atoms with Crippen LogP contribution >= 0.6 is 11.6 Å². The van der Waals surface area contributed by atoms with Crippen LogP contribution in [0.3, 0.4) is 0 Å². The van der Waals surface area contributed by atoms with Crippen molar-refractivity contribution in [2.45, 2.75) is 6.42 Å². The van der Waals surface area contributed by atoms with E-state index in [1.807, 2.05) is 13.1 Å². The molecule has 0 aromatic heterocycles. The van der Waals surface area contributed by atoms with Gasteiger partial charge in [-0.3, -0.25) is 9.69 Å². The summed E-state index contributed by atoms with van der Waals surface area (Å²) in [7, 11) is 1.95. The molecule has 1 aliphatic heterocycles. The van der Waals surface area contributed by atoms with Crippen LogP contribution in [0.25, 0.3) is 0 Å².